The van der Waals surface area contributed by atoms with Crippen molar-refractivity contribution in [3.05, 3.63) is 17.7 Å². The fourth-order valence-corrected chi connectivity index (χ4v) is 3.96. The second-order valence-electron chi connectivity index (χ2n) is 5.17. The molecule has 0 spiro atoms. The zero-order valence-corrected chi connectivity index (χ0v) is 15.4. The zero-order valence-electron chi connectivity index (χ0n) is 14.5. The molecule has 0 saturated heterocycles. The summed E-state index contributed by atoms with van der Waals surface area (Å²) in [7, 11) is -0.896. The first kappa shape index (κ1) is 19.3. The molecule has 0 heterocycles. The smallest absolute Gasteiger partial charge is 0.240 e. The first-order chi connectivity index (χ1) is 10.7. The molecule has 0 aliphatic carbocycles. The number of sulfone groups is 1. The second-order valence-corrected chi connectivity index (χ2v) is 7.41. The molecule has 0 aromatic heterocycles. The SMILES string of the molecule is CCN(CC)C(=O)[C@H](C)S(=O)(=O)c1cc(OC)c(OC)cc1C. The molecule has 1 rings (SSSR count). The van der Waals surface area contributed by atoms with E-state index >= 15 is 0 Å². The molecule has 1 aromatic carbocycles. The summed E-state index contributed by atoms with van der Waals surface area (Å²) in [5.74, 6) is 0.370. The van der Waals surface area contributed by atoms with Crippen LogP contribution in [0, 0.1) is 6.92 Å². The van der Waals surface area contributed by atoms with Gasteiger partial charge in [-0.2, -0.15) is 0 Å². The van der Waals surface area contributed by atoms with Crippen LogP contribution in [0.3, 0.4) is 0 Å². The highest BCUT2D eigenvalue weighted by Crippen LogP contribution is 2.34. The number of aryl methyl sites for hydroxylation is 1. The molecule has 0 radical (unpaired) electrons. The van der Waals surface area contributed by atoms with E-state index in [1.54, 1.807) is 13.0 Å². The molecule has 23 heavy (non-hydrogen) atoms. The van der Waals surface area contributed by atoms with Crippen LogP contribution in [0.5, 0.6) is 11.5 Å². The Bertz CT molecular complexity index is 665. The molecule has 0 bridgehead atoms. The minimum Gasteiger partial charge on any atom is -0.493 e. The summed E-state index contributed by atoms with van der Waals surface area (Å²) in [5.41, 5.74) is 0.516. The van der Waals surface area contributed by atoms with Crippen molar-refractivity contribution in [2.45, 2.75) is 37.8 Å². The maximum Gasteiger partial charge on any atom is 0.240 e. The Labute approximate surface area is 138 Å². The number of carbonyl (C=O) groups excluding carboxylic acids is 1. The summed E-state index contributed by atoms with van der Waals surface area (Å²) in [6.45, 7) is 7.68. The Morgan fingerprint density at radius 1 is 1.13 bits per heavy atom. The maximum absolute atomic E-state index is 12.9. The van der Waals surface area contributed by atoms with E-state index in [0.29, 0.717) is 30.2 Å². The molecule has 0 aliphatic rings. The summed E-state index contributed by atoms with van der Waals surface area (Å²) in [5, 5.41) is -1.15. The third kappa shape index (κ3) is 3.77. The van der Waals surface area contributed by atoms with Crippen LogP contribution in [-0.2, 0) is 14.6 Å². The predicted molar refractivity (Wildman–Crippen MR) is 88.9 cm³/mol. The first-order valence-electron chi connectivity index (χ1n) is 7.49. The average molecular weight is 343 g/mol. The molecule has 1 atom stereocenters. The quantitative estimate of drug-likeness (QED) is 0.757. The Morgan fingerprint density at radius 2 is 1.61 bits per heavy atom. The number of methoxy groups -OCH3 is 2. The molecule has 1 amide bonds. The summed E-state index contributed by atoms with van der Waals surface area (Å²) in [6, 6.07) is 3.01. The highest BCUT2D eigenvalue weighted by atomic mass is 32.2. The Balaban J connectivity index is 3.35. The second kappa shape index (κ2) is 7.68. The lowest BCUT2D eigenvalue weighted by Gasteiger charge is -2.23. The summed E-state index contributed by atoms with van der Waals surface area (Å²) < 4.78 is 36.1. The number of carbonyl (C=O) groups is 1. The van der Waals surface area contributed by atoms with Gasteiger partial charge in [-0.25, -0.2) is 8.42 Å². The van der Waals surface area contributed by atoms with Crippen LogP contribution in [0.15, 0.2) is 17.0 Å². The lowest BCUT2D eigenvalue weighted by molar-refractivity contribution is -0.130. The van der Waals surface area contributed by atoms with Gasteiger partial charge in [0.25, 0.3) is 0 Å². The van der Waals surface area contributed by atoms with E-state index in [4.69, 9.17) is 9.47 Å². The molecule has 6 nitrogen and oxygen atoms in total. The molecular weight excluding hydrogens is 318 g/mol. The van der Waals surface area contributed by atoms with Gasteiger partial charge in [0.1, 0.15) is 5.25 Å². The van der Waals surface area contributed by atoms with Gasteiger partial charge in [0.05, 0.1) is 19.1 Å². The average Bonchev–Trinajstić information content (AvgIpc) is 2.54. The van der Waals surface area contributed by atoms with Crippen molar-refractivity contribution in [1.82, 2.24) is 4.90 Å². The summed E-state index contributed by atoms with van der Waals surface area (Å²) >= 11 is 0. The zero-order chi connectivity index (χ0) is 17.8. The van der Waals surface area contributed by atoms with Gasteiger partial charge in [0.2, 0.25) is 5.91 Å². The van der Waals surface area contributed by atoms with Crippen LogP contribution in [-0.4, -0.2) is 51.8 Å². The normalized spacial score (nSPS) is 12.6. The van der Waals surface area contributed by atoms with Gasteiger partial charge < -0.3 is 14.4 Å². The molecule has 7 heteroatoms. The molecule has 0 N–H and O–H groups in total. The van der Waals surface area contributed by atoms with Crippen molar-refractivity contribution >= 4 is 15.7 Å². The Hall–Kier alpha value is -1.76. The van der Waals surface area contributed by atoms with Crippen molar-refractivity contribution in [2.75, 3.05) is 27.3 Å². The van der Waals surface area contributed by atoms with Gasteiger partial charge in [-0.15, -0.1) is 0 Å². The fourth-order valence-electron chi connectivity index (χ4n) is 2.38. The molecule has 0 fully saturated rings. The van der Waals surface area contributed by atoms with Crippen molar-refractivity contribution in [3.8, 4) is 11.5 Å². The number of ether oxygens (including phenoxy) is 2. The molecule has 0 aliphatic heterocycles. The van der Waals surface area contributed by atoms with E-state index in [9.17, 15) is 13.2 Å². The Morgan fingerprint density at radius 3 is 2.04 bits per heavy atom. The lowest BCUT2D eigenvalue weighted by Crippen LogP contribution is -2.41. The van der Waals surface area contributed by atoms with Crippen molar-refractivity contribution in [2.24, 2.45) is 0 Å². The molecule has 0 unspecified atom stereocenters. The van der Waals surface area contributed by atoms with E-state index in [0.717, 1.165) is 0 Å². The molecule has 0 saturated carbocycles. The largest absolute Gasteiger partial charge is 0.493 e. The van der Waals surface area contributed by atoms with Crippen LogP contribution >= 0.6 is 0 Å². The standard InChI is InChI=1S/C16H25NO5S/c1-7-17(8-2)16(18)12(4)23(19,20)15-10-14(22-6)13(21-5)9-11(15)3/h9-10,12H,7-8H2,1-6H3/t12-/m0/s1. The van der Waals surface area contributed by atoms with Crippen LogP contribution in [0.25, 0.3) is 0 Å². The third-order valence-electron chi connectivity index (χ3n) is 3.88. The van der Waals surface area contributed by atoms with Crippen molar-refractivity contribution in [1.29, 1.82) is 0 Å². The summed E-state index contributed by atoms with van der Waals surface area (Å²) in [4.78, 5) is 14.0. The van der Waals surface area contributed by atoms with Gasteiger partial charge in [0, 0.05) is 19.2 Å². The van der Waals surface area contributed by atoms with Gasteiger partial charge in [-0.05, 0) is 39.3 Å². The van der Waals surface area contributed by atoms with E-state index in [-0.39, 0.29) is 4.90 Å². The van der Waals surface area contributed by atoms with Gasteiger partial charge in [-0.1, -0.05) is 0 Å². The van der Waals surface area contributed by atoms with Gasteiger partial charge in [-0.3, -0.25) is 4.79 Å². The number of nitrogens with zero attached hydrogens (tertiary/aromatic N) is 1. The monoisotopic (exact) mass is 343 g/mol. The minimum absolute atomic E-state index is 0.0863. The van der Waals surface area contributed by atoms with Crippen LogP contribution in [0.1, 0.15) is 26.3 Å². The Kier molecular flexibility index (Phi) is 6.44. The highest BCUT2D eigenvalue weighted by Gasteiger charge is 2.34. The molecule has 130 valence electrons. The number of rotatable bonds is 7. The van der Waals surface area contributed by atoms with Crippen LogP contribution in [0.2, 0.25) is 0 Å². The highest BCUT2D eigenvalue weighted by molar-refractivity contribution is 7.92. The number of amides is 1. The number of benzene rings is 1. The van der Waals surface area contributed by atoms with Crippen LogP contribution in [0.4, 0.5) is 0 Å². The topological polar surface area (TPSA) is 72.9 Å². The van der Waals surface area contributed by atoms with E-state index in [2.05, 4.69) is 0 Å². The van der Waals surface area contributed by atoms with Crippen LogP contribution < -0.4 is 9.47 Å². The third-order valence-corrected chi connectivity index (χ3v) is 6.06. The number of hydrogen-bond acceptors (Lipinski definition) is 5. The van der Waals surface area contributed by atoms with E-state index in [1.165, 1.54) is 32.1 Å². The molecular formula is C16H25NO5S. The number of hydrogen-bond donors (Lipinski definition) is 0. The van der Waals surface area contributed by atoms with E-state index in [1.807, 2.05) is 13.8 Å². The lowest BCUT2D eigenvalue weighted by atomic mass is 10.2. The van der Waals surface area contributed by atoms with Gasteiger partial charge in [0.15, 0.2) is 21.3 Å². The van der Waals surface area contributed by atoms with Crippen molar-refractivity contribution < 1.29 is 22.7 Å². The predicted octanol–water partition coefficient (Wildman–Crippen LogP) is 2.04. The fraction of sp³-hybridized carbons (Fsp3) is 0.562. The van der Waals surface area contributed by atoms with Crippen molar-refractivity contribution in [3.63, 3.8) is 0 Å². The molecule has 1 aromatic rings. The first-order valence-corrected chi connectivity index (χ1v) is 9.04. The van der Waals surface area contributed by atoms with Gasteiger partial charge >= 0.3 is 0 Å². The van der Waals surface area contributed by atoms with E-state index < -0.39 is 21.0 Å². The summed E-state index contributed by atoms with van der Waals surface area (Å²) in [6.07, 6.45) is 0. The minimum atomic E-state index is -3.82. The maximum atomic E-state index is 12.9.